The second kappa shape index (κ2) is 9.13. The molecule has 2 rings (SSSR count). The third kappa shape index (κ3) is 4.77. The van der Waals surface area contributed by atoms with Crippen molar-refractivity contribution in [3.8, 4) is 0 Å². The van der Waals surface area contributed by atoms with Crippen LogP contribution in [0.25, 0.3) is 0 Å². The van der Waals surface area contributed by atoms with E-state index in [9.17, 15) is 4.79 Å². The number of fused-ring (bicyclic) bond motifs is 1. The maximum atomic E-state index is 11.7. The van der Waals surface area contributed by atoms with E-state index in [1.54, 1.807) is 0 Å². The summed E-state index contributed by atoms with van der Waals surface area (Å²) in [5.74, 6) is -0.0695. The van der Waals surface area contributed by atoms with Gasteiger partial charge in [0.1, 0.15) is 0 Å². The van der Waals surface area contributed by atoms with E-state index in [1.165, 1.54) is 11.3 Å². The molecule has 1 aromatic rings. The van der Waals surface area contributed by atoms with E-state index in [0.29, 0.717) is 19.1 Å². The van der Waals surface area contributed by atoms with E-state index in [4.69, 9.17) is 5.73 Å². The second-order valence-corrected chi connectivity index (χ2v) is 5.30. The second-order valence-electron chi connectivity index (χ2n) is 5.30. The summed E-state index contributed by atoms with van der Waals surface area (Å²) < 4.78 is 0. The van der Waals surface area contributed by atoms with Crippen LogP contribution in [0.3, 0.4) is 0 Å². The summed E-state index contributed by atoms with van der Waals surface area (Å²) in [4.78, 5) is 14.1. The first kappa shape index (κ1) is 20.0. The number of hydrogen-bond donors (Lipinski definition) is 2. The molecule has 21 heavy (non-hydrogen) atoms. The summed E-state index contributed by atoms with van der Waals surface area (Å²) in [6.07, 6.45) is 1.09. The molecule has 0 saturated heterocycles. The lowest BCUT2D eigenvalue weighted by atomic mass is 10.1. The van der Waals surface area contributed by atoms with Crippen molar-refractivity contribution >= 4 is 36.4 Å². The van der Waals surface area contributed by atoms with Crippen LogP contribution in [-0.4, -0.2) is 31.6 Å². The summed E-state index contributed by atoms with van der Waals surface area (Å²) >= 11 is 0. The molecule has 0 aromatic heterocycles. The van der Waals surface area contributed by atoms with Gasteiger partial charge in [0.2, 0.25) is 5.91 Å². The summed E-state index contributed by atoms with van der Waals surface area (Å²) in [6.45, 7) is 6.09. The molecule has 2 atom stereocenters. The van der Waals surface area contributed by atoms with Gasteiger partial charge in [-0.3, -0.25) is 4.79 Å². The zero-order valence-corrected chi connectivity index (χ0v) is 14.2. The van der Waals surface area contributed by atoms with Gasteiger partial charge in [0.05, 0.1) is 0 Å². The fraction of sp³-hybridized carbons (Fsp3) is 0.533. The Morgan fingerprint density at radius 2 is 2.00 bits per heavy atom. The molecule has 6 heteroatoms. The van der Waals surface area contributed by atoms with Crippen LogP contribution < -0.4 is 16.0 Å². The highest BCUT2D eigenvalue weighted by Gasteiger charge is 2.23. The molecule has 1 aliphatic heterocycles. The first-order chi connectivity index (χ1) is 9.13. The molecular weight excluding hydrogens is 309 g/mol. The number of carbonyl (C=O) groups is 1. The van der Waals surface area contributed by atoms with Crippen molar-refractivity contribution in [2.24, 2.45) is 11.7 Å². The Balaban J connectivity index is 0.00000200. The molecule has 0 radical (unpaired) electrons. The van der Waals surface area contributed by atoms with Gasteiger partial charge in [-0.05, 0) is 25.0 Å². The number of benzene rings is 1. The zero-order valence-electron chi connectivity index (χ0n) is 12.5. The van der Waals surface area contributed by atoms with E-state index in [-0.39, 0.29) is 36.6 Å². The number of nitrogens with zero attached hydrogens (tertiary/aromatic N) is 1. The number of halogens is 2. The molecular formula is C15H25Cl2N3O. The Morgan fingerprint density at radius 3 is 2.67 bits per heavy atom. The molecule has 0 fully saturated rings. The van der Waals surface area contributed by atoms with Crippen LogP contribution in [0, 0.1) is 5.92 Å². The Morgan fingerprint density at radius 1 is 1.33 bits per heavy atom. The number of para-hydroxylation sites is 1. The van der Waals surface area contributed by atoms with Gasteiger partial charge in [-0.25, -0.2) is 0 Å². The molecule has 2 unspecified atom stereocenters. The van der Waals surface area contributed by atoms with Crippen LogP contribution in [0.15, 0.2) is 24.3 Å². The van der Waals surface area contributed by atoms with Crippen LogP contribution in [0.1, 0.15) is 19.4 Å². The van der Waals surface area contributed by atoms with Crippen molar-refractivity contribution < 1.29 is 4.79 Å². The van der Waals surface area contributed by atoms with E-state index in [0.717, 1.165) is 13.0 Å². The van der Waals surface area contributed by atoms with Crippen LogP contribution in [0.2, 0.25) is 0 Å². The van der Waals surface area contributed by atoms with Crippen LogP contribution in [0.5, 0.6) is 0 Å². The molecule has 1 heterocycles. The molecule has 0 bridgehead atoms. The molecule has 3 N–H and O–H groups in total. The van der Waals surface area contributed by atoms with Gasteiger partial charge >= 0.3 is 0 Å². The number of amides is 1. The highest BCUT2D eigenvalue weighted by molar-refractivity contribution is 5.85. The minimum atomic E-state index is -0.113. The maximum Gasteiger partial charge on any atom is 0.224 e. The average Bonchev–Trinajstić information content (AvgIpc) is 2.87. The summed E-state index contributed by atoms with van der Waals surface area (Å²) in [5, 5.41) is 2.98. The number of carbonyl (C=O) groups excluding carboxylic acids is 1. The minimum Gasteiger partial charge on any atom is -0.366 e. The quantitative estimate of drug-likeness (QED) is 0.866. The van der Waals surface area contributed by atoms with E-state index < -0.39 is 0 Å². The zero-order chi connectivity index (χ0) is 13.8. The Kier molecular flexibility index (Phi) is 8.71. The topological polar surface area (TPSA) is 58.4 Å². The van der Waals surface area contributed by atoms with Crippen LogP contribution in [-0.2, 0) is 11.2 Å². The first-order valence-corrected chi connectivity index (χ1v) is 6.95. The number of rotatable bonds is 5. The average molecular weight is 334 g/mol. The van der Waals surface area contributed by atoms with Gasteiger partial charge in [0.25, 0.3) is 0 Å². The molecule has 4 nitrogen and oxygen atoms in total. The largest absolute Gasteiger partial charge is 0.366 e. The minimum absolute atomic E-state index is 0. The summed E-state index contributed by atoms with van der Waals surface area (Å²) in [6, 6.07) is 8.79. The highest BCUT2D eigenvalue weighted by Crippen LogP contribution is 2.28. The van der Waals surface area contributed by atoms with Crippen molar-refractivity contribution in [3.05, 3.63) is 29.8 Å². The Labute approximate surface area is 139 Å². The maximum absolute atomic E-state index is 11.7. The predicted molar refractivity (Wildman–Crippen MR) is 92.7 cm³/mol. The van der Waals surface area contributed by atoms with Crippen molar-refractivity contribution in [2.45, 2.75) is 26.3 Å². The van der Waals surface area contributed by atoms with Crippen LogP contribution >= 0.6 is 24.8 Å². The van der Waals surface area contributed by atoms with Crippen molar-refractivity contribution in [1.82, 2.24) is 5.32 Å². The third-order valence-corrected chi connectivity index (χ3v) is 3.83. The number of nitrogens with one attached hydrogen (secondary N) is 1. The van der Waals surface area contributed by atoms with E-state index in [2.05, 4.69) is 41.4 Å². The normalized spacial score (nSPS) is 15.3. The van der Waals surface area contributed by atoms with Crippen molar-refractivity contribution in [2.75, 3.05) is 24.5 Å². The van der Waals surface area contributed by atoms with E-state index >= 15 is 0 Å². The fourth-order valence-corrected chi connectivity index (χ4v) is 2.46. The smallest absolute Gasteiger partial charge is 0.224 e. The molecule has 1 aromatic carbocycles. The lowest BCUT2D eigenvalue weighted by Gasteiger charge is -2.28. The van der Waals surface area contributed by atoms with Gasteiger partial charge in [-0.15, -0.1) is 24.8 Å². The molecule has 120 valence electrons. The molecule has 0 spiro atoms. The molecule has 1 aliphatic rings. The third-order valence-electron chi connectivity index (χ3n) is 3.83. The van der Waals surface area contributed by atoms with Crippen LogP contribution in [0.4, 0.5) is 5.69 Å². The van der Waals surface area contributed by atoms with Crippen molar-refractivity contribution in [1.29, 1.82) is 0 Å². The van der Waals surface area contributed by atoms with Gasteiger partial charge in [0.15, 0.2) is 0 Å². The van der Waals surface area contributed by atoms with Gasteiger partial charge in [-0.2, -0.15) is 0 Å². The molecule has 0 saturated carbocycles. The van der Waals surface area contributed by atoms with Gasteiger partial charge in [0, 0.05) is 37.3 Å². The highest BCUT2D eigenvalue weighted by atomic mass is 35.5. The Hall–Kier alpha value is -0.970. The SMILES string of the molecule is CC(CN)C(=O)NCC(C)N1CCc2ccccc21.Cl.Cl. The summed E-state index contributed by atoms with van der Waals surface area (Å²) in [5.41, 5.74) is 8.19. The first-order valence-electron chi connectivity index (χ1n) is 6.95. The number of anilines is 1. The predicted octanol–water partition coefficient (Wildman–Crippen LogP) is 1.99. The number of nitrogens with two attached hydrogens (primary N) is 1. The number of hydrogen-bond acceptors (Lipinski definition) is 3. The van der Waals surface area contributed by atoms with E-state index in [1.807, 2.05) is 6.92 Å². The lowest BCUT2D eigenvalue weighted by Crippen LogP contribution is -2.43. The fourth-order valence-electron chi connectivity index (χ4n) is 2.46. The van der Waals surface area contributed by atoms with Gasteiger partial charge < -0.3 is 16.0 Å². The Bertz CT molecular complexity index is 456. The monoisotopic (exact) mass is 333 g/mol. The lowest BCUT2D eigenvalue weighted by molar-refractivity contribution is -0.124. The van der Waals surface area contributed by atoms with Gasteiger partial charge in [-0.1, -0.05) is 25.1 Å². The van der Waals surface area contributed by atoms with Crippen molar-refractivity contribution in [3.63, 3.8) is 0 Å². The standard InChI is InChI=1S/C15H23N3O.2ClH/c1-11(9-16)15(19)17-10-12(2)18-8-7-13-5-3-4-6-14(13)18;;/h3-6,11-12H,7-10,16H2,1-2H3,(H,17,19);2*1H. The summed E-state index contributed by atoms with van der Waals surface area (Å²) in [7, 11) is 0. The molecule has 0 aliphatic carbocycles. The molecule has 1 amide bonds.